The molecule has 0 saturated heterocycles. The van der Waals surface area contributed by atoms with Crippen LogP contribution in [-0.4, -0.2) is 28.6 Å². The molecule has 0 radical (unpaired) electrons. The lowest BCUT2D eigenvalue weighted by Crippen LogP contribution is -2.36. The SMILES string of the molecule is CC(=O)Nc1nc(CCc2cc(C)c(CCCNNC(=O)O)s2)cs1. The van der Waals surface area contributed by atoms with Crippen LogP contribution in [0.3, 0.4) is 0 Å². The van der Waals surface area contributed by atoms with Gasteiger partial charge in [0.15, 0.2) is 5.13 Å². The summed E-state index contributed by atoms with van der Waals surface area (Å²) in [5.74, 6) is -0.104. The molecule has 2 amide bonds. The summed E-state index contributed by atoms with van der Waals surface area (Å²) in [7, 11) is 0. The van der Waals surface area contributed by atoms with Gasteiger partial charge in [-0.05, 0) is 44.2 Å². The van der Waals surface area contributed by atoms with E-state index in [1.54, 1.807) is 11.3 Å². The van der Waals surface area contributed by atoms with Crippen molar-refractivity contribution in [2.45, 2.75) is 39.5 Å². The Hall–Kier alpha value is -1.97. The molecule has 0 aromatic carbocycles. The number of nitrogens with one attached hydrogen (secondary N) is 3. The van der Waals surface area contributed by atoms with Gasteiger partial charge in [0.2, 0.25) is 5.91 Å². The van der Waals surface area contributed by atoms with Crippen LogP contribution in [0.4, 0.5) is 9.93 Å². The number of hydrogen-bond acceptors (Lipinski definition) is 6. The predicted molar refractivity (Wildman–Crippen MR) is 100 cm³/mol. The van der Waals surface area contributed by atoms with Gasteiger partial charge in [-0.25, -0.2) is 15.2 Å². The van der Waals surface area contributed by atoms with Crippen molar-refractivity contribution >= 4 is 39.8 Å². The molecule has 7 nitrogen and oxygen atoms in total. The van der Waals surface area contributed by atoms with Gasteiger partial charge in [0.25, 0.3) is 0 Å². The first-order valence-electron chi connectivity index (χ1n) is 7.96. The van der Waals surface area contributed by atoms with Crippen molar-refractivity contribution < 1.29 is 14.7 Å². The Morgan fingerprint density at radius 1 is 1.28 bits per heavy atom. The van der Waals surface area contributed by atoms with Crippen molar-refractivity contribution in [3.63, 3.8) is 0 Å². The van der Waals surface area contributed by atoms with Crippen molar-refractivity contribution in [1.82, 2.24) is 15.8 Å². The maximum absolute atomic E-state index is 11.0. The minimum absolute atomic E-state index is 0.104. The highest BCUT2D eigenvalue weighted by Gasteiger charge is 2.08. The van der Waals surface area contributed by atoms with Crippen LogP contribution in [0.2, 0.25) is 0 Å². The summed E-state index contributed by atoms with van der Waals surface area (Å²) in [4.78, 5) is 28.4. The van der Waals surface area contributed by atoms with Gasteiger partial charge in [-0.1, -0.05) is 0 Å². The van der Waals surface area contributed by atoms with E-state index in [2.05, 4.69) is 34.1 Å². The number of anilines is 1. The Morgan fingerprint density at radius 3 is 2.80 bits per heavy atom. The number of thiophene rings is 1. The fourth-order valence-electron chi connectivity index (χ4n) is 2.32. The highest BCUT2D eigenvalue weighted by atomic mass is 32.1. The van der Waals surface area contributed by atoms with Crippen molar-refractivity contribution in [1.29, 1.82) is 0 Å². The number of thiazole rings is 1. The Morgan fingerprint density at radius 2 is 2.08 bits per heavy atom. The number of aromatic nitrogens is 1. The maximum atomic E-state index is 11.0. The summed E-state index contributed by atoms with van der Waals surface area (Å²) in [6.07, 6.45) is 2.49. The zero-order valence-electron chi connectivity index (χ0n) is 14.2. The zero-order valence-corrected chi connectivity index (χ0v) is 15.9. The number of hydrogen-bond donors (Lipinski definition) is 4. The Kier molecular flexibility index (Phi) is 7.35. The summed E-state index contributed by atoms with van der Waals surface area (Å²) in [6, 6.07) is 2.21. The van der Waals surface area contributed by atoms with Crippen LogP contribution in [0, 0.1) is 6.92 Å². The largest absolute Gasteiger partial charge is 0.464 e. The van der Waals surface area contributed by atoms with Crippen LogP contribution in [0.5, 0.6) is 0 Å². The Labute approximate surface area is 154 Å². The molecular weight excluding hydrogens is 360 g/mol. The quantitative estimate of drug-likeness (QED) is 0.394. The summed E-state index contributed by atoms with van der Waals surface area (Å²) >= 11 is 3.25. The van der Waals surface area contributed by atoms with Gasteiger partial charge in [0, 0.05) is 28.6 Å². The van der Waals surface area contributed by atoms with E-state index in [4.69, 9.17) is 5.11 Å². The number of aryl methyl sites for hydroxylation is 4. The molecule has 0 bridgehead atoms. The van der Waals surface area contributed by atoms with Crippen molar-refractivity contribution in [2.24, 2.45) is 0 Å². The van der Waals surface area contributed by atoms with Crippen molar-refractivity contribution in [2.75, 3.05) is 11.9 Å². The molecular formula is C16H22N4O3S2. The van der Waals surface area contributed by atoms with Crippen LogP contribution in [0.25, 0.3) is 0 Å². The molecule has 0 unspecified atom stereocenters. The van der Waals surface area contributed by atoms with Gasteiger partial charge in [0.05, 0.1) is 5.69 Å². The Balaban J connectivity index is 1.78. The first-order valence-corrected chi connectivity index (χ1v) is 9.65. The van der Waals surface area contributed by atoms with E-state index in [1.807, 2.05) is 5.38 Å². The number of carboxylic acid groups (broad SMARTS) is 1. The molecule has 0 aliphatic rings. The number of nitrogens with zero attached hydrogens (tertiary/aromatic N) is 1. The van der Waals surface area contributed by atoms with E-state index in [1.165, 1.54) is 33.6 Å². The fourth-order valence-corrected chi connectivity index (χ4v) is 4.33. The van der Waals surface area contributed by atoms with Gasteiger partial charge in [-0.3, -0.25) is 10.2 Å². The zero-order chi connectivity index (χ0) is 18.2. The predicted octanol–water partition coefficient (Wildman–Crippen LogP) is 2.96. The Bertz CT molecular complexity index is 727. The van der Waals surface area contributed by atoms with Crippen molar-refractivity contribution in [3.05, 3.63) is 32.5 Å². The van der Waals surface area contributed by atoms with E-state index in [9.17, 15) is 9.59 Å². The number of carbonyl (C=O) groups excluding carboxylic acids is 1. The number of hydrazine groups is 1. The first kappa shape index (κ1) is 19.4. The van der Waals surface area contributed by atoms with Crippen molar-refractivity contribution in [3.8, 4) is 0 Å². The molecule has 0 saturated carbocycles. The first-order chi connectivity index (χ1) is 11.9. The molecule has 0 atom stereocenters. The second-order valence-electron chi connectivity index (χ2n) is 5.60. The molecule has 136 valence electrons. The molecule has 2 rings (SSSR count). The minimum Gasteiger partial charge on any atom is -0.464 e. The summed E-state index contributed by atoms with van der Waals surface area (Å²) in [6.45, 7) is 4.18. The van der Waals surface area contributed by atoms with Crippen LogP contribution in [0.1, 0.15) is 34.4 Å². The number of amides is 2. The molecule has 4 N–H and O–H groups in total. The molecule has 2 heterocycles. The third-order valence-corrected chi connectivity index (χ3v) is 5.60. The van der Waals surface area contributed by atoms with Crippen LogP contribution in [0.15, 0.2) is 11.4 Å². The average Bonchev–Trinajstić information content (AvgIpc) is 3.11. The topological polar surface area (TPSA) is 103 Å². The highest BCUT2D eigenvalue weighted by molar-refractivity contribution is 7.14. The number of carbonyl (C=O) groups is 2. The van der Waals surface area contributed by atoms with E-state index in [-0.39, 0.29) is 5.91 Å². The molecule has 0 spiro atoms. The third kappa shape index (κ3) is 6.81. The van der Waals surface area contributed by atoms with Crippen LogP contribution >= 0.6 is 22.7 Å². The highest BCUT2D eigenvalue weighted by Crippen LogP contribution is 2.25. The van der Waals surface area contributed by atoms with Gasteiger partial charge >= 0.3 is 6.09 Å². The van der Waals surface area contributed by atoms with E-state index in [0.29, 0.717) is 11.7 Å². The summed E-state index contributed by atoms with van der Waals surface area (Å²) in [5.41, 5.74) is 7.08. The minimum atomic E-state index is -1.07. The van der Waals surface area contributed by atoms with Gasteiger partial charge in [-0.2, -0.15) is 0 Å². The van der Waals surface area contributed by atoms with E-state index >= 15 is 0 Å². The summed E-state index contributed by atoms with van der Waals surface area (Å²) < 4.78 is 0. The van der Waals surface area contributed by atoms with E-state index < -0.39 is 6.09 Å². The second kappa shape index (κ2) is 9.50. The molecule has 2 aromatic heterocycles. The smallest absolute Gasteiger partial charge is 0.419 e. The molecule has 0 aliphatic heterocycles. The maximum Gasteiger partial charge on any atom is 0.419 e. The molecule has 25 heavy (non-hydrogen) atoms. The molecule has 9 heteroatoms. The van der Waals surface area contributed by atoms with Gasteiger partial charge in [0.1, 0.15) is 0 Å². The fraction of sp³-hybridized carbons (Fsp3) is 0.438. The van der Waals surface area contributed by atoms with E-state index in [0.717, 1.165) is 31.4 Å². The average molecular weight is 383 g/mol. The third-order valence-electron chi connectivity index (χ3n) is 3.43. The van der Waals surface area contributed by atoms with Gasteiger partial charge in [-0.15, -0.1) is 22.7 Å². The van der Waals surface area contributed by atoms with Gasteiger partial charge < -0.3 is 10.4 Å². The lowest BCUT2D eigenvalue weighted by atomic mass is 10.1. The normalized spacial score (nSPS) is 10.6. The standard InChI is InChI=1S/C16H22N4O3S2/c1-10-8-13(25-14(10)4-3-7-17-20-16(22)23)6-5-12-9-24-15(19-12)18-11(2)21/h8-9,17,20H,3-7H2,1-2H3,(H,22,23)(H,18,19,21). The molecule has 2 aromatic rings. The lowest BCUT2D eigenvalue weighted by Gasteiger charge is -2.03. The lowest BCUT2D eigenvalue weighted by molar-refractivity contribution is -0.114. The molecule has 0 fully saturated rings. The number of rotatable bonds is 9. The van der Waals surface area contributed by atoms with Crippen LogP contribution in [-0.2, 0) is 24.1 Å². The summed E-state index contributed by atoms with van der Waals surface area (Å²) in [5, 5.41) is 13.8. The van der Waals surface area contributed by atoms with Crippen LogP contribution < -0.4 is 16.2 Å². The monoisotopic (exact) mass is 382 g/mol. The molecule has 0 aliphatic carbocycles. The second-order valence-corrected chi connectivity index (χ2v) is 7.68.